The van der Waals surface area contributed by atoms with Crippen LogP contribution in [0.3, 0.4) is 0 Å². The fourth-order valence-electron chi connectivity index (χ4n) is 1.76. The second-order valence-corrected chi connectivity index (χ2v) is 4.50. The normalized spacial score (nSPS) is 13.9. The second-order valence-electron chi connectivity index (χ2n) is 4.50. The SMILES string of the molecule is COCCCC(=O)NC(C)(CO)c1ccccc1. The van der Waals surface area contributed by atoms with Gasteiger partial charge in [-0.05, 0) is 18.9 Å². The largest absolute Gasteiger partial charge is 0.394 e. The van der Waals surface area contributed by atoms with Crippen molar-refractivity contribution < 1.29 is 14.6 Å². The van der Waals surface area contributed by atoms with Crippen LogP contribution in [0, 0.1) is 0 Å². The van der Waals surface area contributed by atoms with Gasteiger partial charge < -0.3 is 15.2 Å². The first-order valence-corrected chi connectivity index (χ1v) is 6.09. The lowest BCUT2D eigenvalue weighted by molar-refractivity contribution is -0.123. The van der Waals surface area contributed by atoms with E-state index < -0.39 is 5.54 Å². The molecule has 0 aromatic heterocycles. The molecule has 2 N–H and O–H groups in total. The Balaban J connectivity index is 2.63. The van der Waals surface area contributed by atoms with Crippen LogP contribution in [-0.4, -0.2) is 31.3 Å². The standard InChI is InChI=1S/C14H21NO3/c1-14(11-16,12-7-4-3-5-8-12)15-13(17)9-6-10-18-2/h3-5,7-8,16H,6,9-11H2,1-2H3,(H,15,17). The Hall–Kier alpha value is -1.39. The molecule has 0 fully saturated rings. The third-order valence-electron chi connectivity index (χ3n) is 2.89. The van der Waals surface area contributed by atoms with Gasteiger partial charge in [-0.2, -0.15) is 0 Å². The average molecular weight is 251 g/mol. The first-order valence-electron chi connectivity index (χ1n) is 6.09. The molecule has 0 heterocycles. The van der Waals surface area contributed by atoms with Crippen molar-refractivity contribution in [2.75, 3.05) is 20.3 Å². The topological polar surface area (TPSA) is 58.6 Å². The summed E-state index contributed by atoms with van der Waals surface area (Å²) in [5, 5.41) is 12.4. The third kappa shape index (κ3) is 4.13. The molecule has 0 saturated heterocycles. The number of benzene rings is 1. The first-order chi connectivity index (χ1) is 8.62. The number of hydrogen-bond donors (Lipinski definition) is 2. The highest BCUT2D eigenvalue weighted by atomic mass is 16.5. The minimum Gasteiger partial charge on any atom is -0.394 e. The maximum atomic E-state index is 11.8. The van der Waals surface area contributed by atoms with Gasteiger partial charge in [-0.25, -0.2) is 0 Å². The van der Waals surface area contributed by atoms with Gasteiger partial charge in [0.25, 0.3) is 0 Å². The van der Waals surface area contributed by atoms with Crippen molar-refractivity contribution in [2.45, 2.75) is 25.3 Å². The Morgan fingerprint density at radius 2 is 2.06 bits per heavy atom. The maximum Gasteiger partial charge on any atom is 0.220 e. The van der Waals surface area contributed by atoms with Gasteiger partial charge in [-0.1, -0.05) is 30.3 Å². The van der Waals surface area contributed by atoms with E-state index in [-0.39, 0.29) is 12.5 Å². The smallest absolute Gasteiger partial charge is 0.220 e. The molecule has 0 aliphatic carbocycles. The zero-order valence-corrected chi connectivity index (χ0v) is 11.0. The molecule has 1 rings (SSSR count). The van der Waals surface area contributed by atoms with E-state index in [1.807, 2.05) is 37.3 Å². The van der Waals surface area contributed by atoms with Crippen LogP contribution in [-0.2, 0) is 15.1 Å². The van der Waals surface area contributed by atoms with Gasteiger partial charge in [0.1, 0.15) is 0 Å². The molecule has 4 heteroatoms. The molecule has 100 valence electrons. The Kier molecular flexibility index (Phi) is 5.82. The van der Waals surface area contributed by atoms with Crippen LogP contribution >= 0.6 is 0 Å². The summed E-state index contributed by atoms with van der Waals surface area (Å²) in [6.45, 7) is 2.25. The highest BCUT2D eigenvalue weighted by molar-refractivity contribution is 5.77. The molecular weight excluding hydrogens is 230 g/mol. The summed E-state index contributed by atoms with van der Waals surface area (Å²) in [7, 11) is 1.61. The van der Waals surface area contributed by atoms with E-state index in [2.05, 4.69) is 5.32 Å². The summed E-state index contributed by atoms with van der Waals surface area (Å²) in [6, 6.07) is 9.47. The molecule has 0 spiro atoms. The lowest BCUT2D eigenvalue weighted by Gasteiger charge is -2.29. The van der Waals surface area contributed by atoms with Gasteiger partial charge in [-0.15, -0.1) is 0 Å². The first kappa shape index (κ1) is 14.7. The predicted molar refractivity (Wildman–Crippen MR) is 70.1 cm³/mol. The summed E-state index contributed by atoms with van der Waals surface area (Å²) < 4.78 is 4.90. The van der Waals surface area contributed by atoms with Crippen LogP contribution in [0.25, 0.3) is 0 Å². The lowest BCUT2D eigenvalue weighted by atomic mass is 9.92. The van der Waals surface area contributed by atoms with Crippen LogP contribution in [0.1, 0.15) is 25.3 Å². The van der Waals surface area contributed by atoms with Gasteiger partial charge in [0, 0.05) is 20.1 Å². The number of ether oxygens (including phenoxy) is 1. The van der Waals surface area contributed by atoms with Gasteiger partial charge >= 0.3 is 0 Å². The average Bonchev–Trinajstić information content (AvgIpc) is 2.40. The van der Waals surface area contributed by atoms with Crippen molar-refractivity contribution in [3.8, 4) is 0 Å². The molecule has 0 bridgehead atoms. The molecule has 1 atom stereocenters. The number of amides is 1. The quantitative estimate of drug-likeness (QED) is 0.721. The zero-order chi connectivity index (χ0) is 13.4. The van der Waals surface area contributed by atoms with Gasteiger partial charge in [0.15, 0.2) is 0 Å². The van der Waals surface area contributed by atoms with Crippen LogP contribution in [0.15, 0.2) is 30.3 Å². The van der Waals surface area contributed by atoms with E-state index in [1.54, 1.807) is 7.11 Å². The van der Waals surface area contributed by atoms with E-state index in [0.29, 0.717) is 19.4 Å². The van der Waals surface area contributed by atoms with E-state index in [0.717, 1.165) is 5.56 Å². The summed E-state index contributed by atoms with van der Waals surface area (Å²) in [6.07, 6.45) is 1.08. The van der Waals surface area contributed by atoms with Crippen molar-refractivity contribution in [1.82, 2.24) is 5.32 Å². The molecule has 0 radical (unpaired) electrons. The zero-order valence-electron chi connectivity index (χ0n) is 11.0. The number of aliphatic hydroxyl groups is 1. The van der Waals surface area contributed by atoms with Crippen LogP contribution in [0.2, 0.25) is 0 Å². The minimum atomic E-state index is -0.731. The number of carbonyl (C=O) groups is 1. The number of methoxy groups -OCH3 is 1. The van der Waals surface area contributed by atoms with E-state index in [1.165, 1.54) is 0 Å². The maximum absolute atomic E-state index is 11.8. The molecule has 18 heavy (non-hydrogen) atoms. The molecular formula is C14H21NO3. The third-order valence-corrected chi connectivity index (χ3v) is 2.89. The summed E-state index contributed by atoms with van der Waals surface area (Å²) in [4.78, 5) is 11.8. The summed E-state index contributed by atoms with van der Waals surface area (Å²) in [5.41, 5.74) is 0.165. The highest BCUT2D eigenvalue weighted by Gasteiger charge is 2.27. The molecule has 0 aliphatic heterocycles. The number of aliphatic hydroxyl groups excluding tert-OH is 1. The predicted octanol–water partition coefficient (Wildman–Crippen LogP) is 1.44. The molecule has 0 aliphatic rings. The monoisotopic (exact) mass is 251 g/mol. The fourth-order valence-corrected chi connectivity index (χ4v) is 1.76. The molecule has 4 nitrogen and oxygen atoms in total. The lowest BCUT2D eigenvalue weighted by Crippen LogP contribution is -2.46. The molecule has 1 unspecified atom stereocenters. The van der Waals surface area contributed by atoms with Crippen molar-refractivity contribution >= 4 is 5.91 Å². The van der Waals surface area contributed by atoms with Crippen molar-refractivity contribution in [3.63, 3.8) is 0 Å². The fraction of sp³-hybridized carbons (Fsp3) is 0.500. The number of nitrogens with one attached hydrogen (secondary N) is 1. The molecule has 0 saturated carbocycles. The van der Waals surface area contributed by atoms with Crippen LogP contribution < -0.4 is 5.32 Å². The van der Waals surface area contributed by atoms with Crippen molar-refractivity contribution in [3.05, 3.63) is 35.9 Å². The second kappa shape index (κ2) is 7.13. The summed E-state index contributed by atoms with van der Waals surface area (Å²) in [5.74, 6) is -0.0764. The van der Waals surface area contributed by atoms with E-state index >= 15 is 0 Å². The van der Waals surface area contributed by atoms with Gasteiger partial charge in [0.2, 0.25) is 5.91 Å². The number of rotatable bonds is 7. The van der Waals surface area contributed by atoms with Gasteiger partial charge in [0.05, 0.1) is 12.1 Å². The van der Waals surface area contributed by atoms with E-state index in [9.17, 15) is 9.90 Å². The molecule has 1 aromatic rings. The Bertz CT molecular complexity index is 367. The highest BCUT2D eigenvalue weighted by Crippen LogP contribution is 2.19. The minimum absolute atomic E-state index is 0.0764. The van der Waals surface area contributed by atoms with E-state index in [4.69, 9.17) is 4.74 Å². The Labute approximate surface area is 108 Å². The Morgan fingerprint density at radius 1 is 1.39 bits per heavy atom. The summed E-state index contributed by atoms with van der Waals surface area (Å²) >= 11 is 0. The number of hydrogen-bond acceptors (Lipinski definition) is 3. The van der Waals surface area contributed by atoms with Gasteiger partial charge in [-0.3, -0.25) is 4.79 Å². The van der Waals surface area contributed by atoms with Crippen LogP contribution in [0.5, 0.6) is 0 Å². The van der Waals surface area contributed by atoms with Crippen molar-refractivity contribution in [1.29, 1.82) is 0 Å². The number of carbonyl (C=O) groups excluding carboxylic acids is 1. The Morgan fingerprint density at radius 3 is 2.61 bits per heavy atom. The van der Waals surface area contributed by atoms with Crippen LogP contribution in [0.4, 0.5) is 0 Å². The van der Waals surface area contributed by atoms with Crippen molar-refractivity contribution in [2.24, 2.45) is 0 Å². The molecule has 1 amide bonds. The molecule has 1 aromatic carbocycles.